The van der Waals surface area contributed by atoms with Crippen LogP contribution in [0, 0.1) is 28.6 Å². The van der Waals surface area contributed by atoms with E-state index in [9.17, 15) is 29.4 Å². The topological polar surface area (TPSA) is 146 Å². The molecular formula is C29H43ClO10. The fourth-order valence-electron chi connectivity index (χ4n) is 7.10. The minimum absolute atomic E-state index is 0.0365. The second-order valence-electron chi connectivity index (χ2n) is 12.1. The molecule has 0 spiro atoms. The van der Waals surface area contributed by atoms with Gasteiger partial charge in [0.05, 0.1) is 28.9 Å². The highest BCUT2D eigenvalue weighted by atomic mass is 35.5. The van der Waals surface area contributed by atoms with Crippen molar-refractivity contribution in [1.82, 2.24) is 0 Å². The first-order chi connectivity index (χ1) is 18.6. The Kier molecular flexibility index (Phi) is 10.0. The lowest BCUT2D eigenvalue weighted by Crippen LogP contribution is -2.74. The van der Waals surface area contributed by atoms with Crippen LogP contribution in [-0.4, -0.2) is 77.1 Å². The number of rotatable bonds is 10. The summed E-state index contributed by atoms with van der Waals surface area (Å²) in [5, 5.41) is 23.8. The third kappa shape index (κ3) is 5.90. The van der Waals surface area contributed by atoms with Crippen molar-refractivity contribution >= 4 is 35.5 Å². The lowest BCUT2D eigenvalue weighted by atomic mass is 9.41. The van der Waals surface area contributed by atoms with Crippen LogP contribution in [0.25, 0.3) is 0 Å². The van der Waals surface area contributed by atoms with Gasteiger partial charge in [0.1, 0.15) is 25.4 Å². The van der Waals surface area contributed by atoms with Crippen LogP contribution in [0.3, 0.4) is 0 Å². The quantitative estimate of drug-likeness (QED) is 0.222. The van der Waals surface area contributed by atoms with Crippen molar-refractivity contribution in [2.45, 2.75) is 97.6 Å². The molecule has 226 valence electrons. The number of ether oxygens (including phenoxy) is 4. The fraction of sp³-hybridized carbons (Fsp3) is 0.793. The maximum absolute atomic E-state index is 13.1. The maximum atomic E-state index is 13.1. The van der Waals surface area contributed by atoms with Crippen LogP contribution in [-0.2, 0) is 38.1 Å². The Balaban J connectivity index is 2.22. The van der Waals surface area contributed by atoms with Crippen molar-refractivity contribution in [2.24, 2.45) is 28.6 Å². The van der Waals surface area contributed by atoms with Crippen LogP contribution in [0.1, 0.15) is 73.6 Å². The van der Waals surface area contributed by atoms with E-state index in [2.05, 4.69) is 0 Å². The number of alkyl halides is 1. The highest BCUT2D eigenvalue weighted by Gasteiger charge is 2.71. The number of fused-ring (bicyclic) bond motifs is 1. The molecule has 3 aliphatic rings. The zero-order valence-corrected chi connectivity index (χ0v) is 25.0. The average molecular weight is 587 g/mol. The van der Waals surface area contributed by atoms with Gasteiger partial charge in [0, 0.05) is 31.4 Å². The normalized spacial score (nSPS) is 36.9. The van der Waals surface area contributed by atoms with Crippen molar-refractivity contribution in [3.63, 3.8) is 0 Å². The molecule has 0 aromatic rings. The van der Waals surface area contributed by atoms with Crippen LogP contribution in [0.5, 0.6) is 0 Å². The minimum atomic E-state index is -1.67. The Hall–Kier alpha value is -2.17. The van der Waals surface area contributed by atoms with Gasteiger partial charge in [-0.25, -0.2) is 4.79 Å². The molecule has 2 fully saturated rings. The Morgan fingerprint density at radius 3 is 2.45 bits per heavy atom. The van der Waals surface area contributed by atoms with Gasteiger partial charge >= 0.3 is 23.9 Å². The number of esters is 4. The van der Waals surface area contributed by atoms with Gasteiger partial charge in [0.2, 0.25) is 0 Å². The number of aliphatic hydroxyl groups is 2. The second kappa shape index (κ2) is 12.4. The highest BCUT2D eigenvalue weighted by Crippen LogP contribution is 2.65. The van der Waals surface area contributed by atoms with E-state index in [1.54, 1.807) is 6.92 Å². The van der Waals surface area contributed by atoms with Gasteiger partial charge in [0.15, 0.2) is 0 Å². The summed E-state index contributed by atoms with van der Waals surface area (Å²) < 4.78 is 22.5. The van der Waals surface area contributed by atoms with E-state index in [1.165, 1.54) is 19.9 Å². The third-order valence-corrected chi connectivity index (χ3v) is 10.1. The Bertz CT molecular complexity index is 1030. The lowest BCUT2D eigenvalue weighted by molar-refractivity contribution is -0.291. The molecule has 40 heavy (non-hydrogen) atoms. The summed E-state index contributed by atoms with van der Waals surface area (Å²) in [6.07, 6.45) is -0.158. The monoisotopic (exact) mass is 586 g/mol. The fourth-order valence-corrected chi connectivity index (χ4v) is 7.48. The number of hydrogen-bond acceptors (Lipinski definition) is 10. The maximum Gasteiger partial charge on any atom is 0.331 e. The standard InChI is InChI=1S/C29H43ClO10/c1-7-16(2)26(35)40-21-8-9-28(36,14-30)29(15-38-18(4)31)23(33)10-17(3)27(6,25(21)29)12-22(39-19(5)32)20-11-24(34)37-13-20/h11,16-17,21-23,25,33,36H,7-10,12-15H2,1-6H3/t16-,17+,21+,22-,23-,25+,27-,28-,29+/m0/s1. The van der Waals surface area contributed by atoms with Gasteiger partial charge < -0.3 is 29.2 Å². The predicted molar refractivity (Wildman–Crippen MR) is 144 cm³/mol. The van der Waals surface area contributed by atoms with Crippen LogP contribution in [0.4, 0.5) is 0 Å². The highest BCUT2D eigenvalue weighted by molar-refractivity contribution is 6.18. The molecule has 2 N–H and O–H groups in total. The predicted octanol–water partition coefficient (Wildman–Crippen LogP) is 3.09. The van der Waals surface area contributed by atoms with E-state index in [0.717, 1.165) is 0 Å². The molecule has 0 aromatic carbocycles. The van der Waals surface area contributed by atoms with E-state index in [1.807, 2.05) is 20.8 Å². The molecule has 1 heterocycles. The van der Waals surface area contributed by atoms with E-state index in [4.69, 9.17) is 30.5 Å². The molecule has 0 amide bonds. The van der Waals surface area contributed by atoms with Crippen LogP contribution in [0.15, 0.2) is 11.6 Å². The minimum Gasteiger partial charge on any atom is -0.465 e. The summed E-state index contributed by atoms with van der Waals surface area (Å²) in [7, 11) is 0. The molecular weight excluding hydrogens is 544 g/mol. The van der Waals surface area contributed by atoms with Crippen molar-refractivity contribution in [2.75, 3.05) is 19.1 Å². The zero-order chi connectivity index (χ0) is 30.0. The molecule has 0 saturated heterocycles. The van der Waals surface area contributed by atoms with Gasteiger partial charge in [-0.2, -0.15) is 0 Å². The summed E-state index contributed by atoms with van der Waals surface area (Å²) in [6, 6.07) is 0. The summed E-state index contributed by atoms with van der Waals surface area (Å²) in [6.45, 7) is 9.66. The van der Waals surface area contributed by atoms with Gasteiger partial charge in [-0.1, -0.05) is 27.7 Å². The smallest absolute Gasteiger partial charge is 0.331 e. The molecule has 0 bridgehead atoms. The van der Waals surface area contributed by atoms with E-state index < -0.39 is 64.5 Å². The summed E-state index contributed by atoms with van der Waals surface area (Å²) in [4.78, 5) is 49.3. The molecule has 0 unspecified atom stereocenters. The first kappa shape index (κ1) is 32.3. The molecule has 0 aromatic heterocycles. The molecule has 1 aliphatic heterocycles. The average Bonchev–Trinajstić information content (AvgIpc) is 3.32. The van der Waals surface area contributed by atoms with Gasteiger partial charge in [-0.05, 0) is 43.4 Å². The van der Waals surface area contributed by atoms with E-state index >= 15 is 0 Å². The van der Waals surface area contributed by atoms with Gasteiger partial charge in [0.25, 0.3) is 0 Å². The Morgan fingerprint density at radius 2 is 1.93 bits per heavy atom. The van der Waals surface area contributed by atoms with E-state index in [0.29, 0.717) is 12.0 Å². The van der Waals surface area contributed by atoms with Crippen LogP contribution < -0.4 is 0 Å². The first-order valence-corrected chi connectivity index (χ1v) is 14.5. The molecule has 10 nitrogen and oxygen atoms in total. The number of cyclic esters (lactones) is 1. The molecule has 11 heteroatoms. The SMILES string of the molecule is CC[C@H](C)C(=O)O[C@@H]1CC[C@](O)(CCl)[C@@]2(COC(C)=O)[C@H]1[C@@](C)(C[C@H](OC(C)=O)C1=CC(=O)OC1)[C@H](C)C[C@@H]2O. The van der Waals surface area contributed by atoms with Crippen molar-refractivity contribution < 1.29 is 48.3 Å². The van der Waals surface area contributed by atoms with Crippen molar-refractivity contribution in [3.05, 3.63) is 11.6 Å². The molecule has 0 radical (unpaired) electrons. The number of halogens is 1. The summed E-state index contributed by atoms with van der Waals surface area (Å²) in [5.41, 5.74) is -3.55. The Labute approximate surface area is 240 Å². The van der Waals surface area contributed by atoms with Crippen molar-refractivity contribution in [3.8, 4) is 0 Å². The number of carbonyl (C=O) groups excluding carboxylic acids is 4. The van der Waals surface area contributed by atoms with E-state index in [-0.39, 0.29) is 56.6 Å². The molecule has 2 saturated carbocycles. The molecule has 9 atom stereocenters. The summed E-state index contributed by atoms with van der Waals surface area (Å²) in [5.74, 6) is -3.73. The second-order valence-corrected chi connectivity index (χ2v) is 12.3. The van der Waals surface area contributed by atoms with Crippen LogP contribution >= 0.6 is 11.6 Å². The lowest BCUT2D eigenvalue weighted by Gasteiger charge is -2.67. The zero-order valence-electron chi connectivity index (χ0n) is 24.2. The van der Waals surface area contributed by atoms with Gasteiger partial charge in [-0.15, -0.1) is 11.6 Å². The molecule has 3 rings (SSSR count). The third-order valence-electron chi connectivity index (χ3n) is 9.69. The number of aliphatic hydroxyl groups excluding tert-OH is 1. The Morgan fingerprint density at radius 1 is 1.25 bits per heavy atom. The number of hydrogen-bond donors (Lipinski definition) is 2. The largest absolute Gasteiger partial charge is 0.465 e. The van der Waals surface area contributed by atoms with Crippen LogP contribution in [0.2, 0.25) is 0 Å². The molecule has 2 aliphatic carbocycles. The number of carbonyl (C=O) groups is 4. The first-order valence-electron chi connectivity index (χ1n) is 14.0. The summed E-state index contributed by atoms with van der Waals surface area (Å²) >= 11 is 6.42. The van der Waals surface area contributed by atoms with Gasteiger partial charge in [-0.3, -0.25) is 14.4 Å². The van der Waals surface area contributed by atoms with Crippen molar-refractivity contribution in [1.29, 1.82) is 0 Å².